The van der Waals surface area contributed by atoms with E-state index < -0.39 is 24.1 Å². The Kier molecular flexibility index (Phi) is 8.17. The number of esters is 1. The third kappa shape index (κ3) is 6.64. The zero-order chi connectivity index (χ0) is 13.4. The van der Waals surface area contributed by atoms with Crippen LogP contribution in [0.5, 0.6) is 0 Å². The van der Waals surface area contributed by atoms with Crippen LogP contribution in [0.25, 0.3) is 0 Å². The quantitative estimate of drug-likeness (QED) is 0.640. The molecule has 0 rings (SSSR count). The average molecular weight is 246 g/mol. The van der Waals surface area contributed by atoms with Gasteiger partial charge >= 0.3 is 5.97 Å². The number of carbonyl (C=O) groups is 1. The summed E-state index contributed by atoms with van der Waals surface area (Å²) in [7, 11) is 0. The molecule has 4 nitrogen and oxygen atoms in total. The minimum Gasteiger partial charge on any atom is -0.465 e. The number of ether oxygens (including phenoxy) is 1. The summed E-state index contributed by atoms with van der Waals surface area (Å²) >= 11 is 0. The number of aliphatic hydroxyl groups is 2. The highest BCUT2D eigenvalue weighted by molar-refractivity contribution is 5.73. The van der Waals surface area contributed by atoms with Gasteiger partial charge in [-0.2, -0.15) is 0 Å². The third-order valence-corrected chi connectivity index (χ3v) is 2.73. The van der Waals surface area contributed by atoms with Crippen molar-refractivity contribution in [3.05, 3.63) is 0 Å². The summed E-state index contributed by atoms with van der Waals surface area (Å²) < 4.78 is 5.08. The van der Waals surface area contributed by atoms with E-state index in [0.29, 0.717) is 18.9 Å². The molecule has 0 aliphatic carbocycles. The summed E-state index contributed by atoms with van der Waals surface area (Å²) in [4.78, 5) is 11.7. The molecule has 0 aromatic rings. The van der Waals surface area contributed by atoms with Gasteiger partial charge in [-0.1, -0.05) is 27.2 Å². The molecule has 0 aliphatic heterocycles. The molecule has 0 heterocycles. The van der Waals surface area contributed by atoms with Gasteiger partial charge in [-0.3, -0.25) is 4.79 Å². The van der Waals surface area contributed by atoms with E-state index in [2.05, 4.69) is 0 Å². The fraction of sp³-hybridized carbons (Fsp3) is 0.923. The van der Waals surface area contributed by atoms with Crippen LogP contribution in [0.2, 0.25) is 0 Å². The van der Waals surface area contributed by atoms with Gasteiger partial charge in [-0.05, 0) is 25.7 Å². The molecule has 0 radical (unpaired) electrons. The number of carbonyl (C=O) groups excluding carboxylic acids is 1. The highest BCUT2D eigenvalue weighted by Crippen LogP contribution is 2.16. The van der Waals surface area contributed by atoms with E-state index in [1.807, 2.05) is 20.8 Å². The van der Waals surface area contributed by atoms with Crippen LogP contribution in [0.3, 0.4) is 0 Å². The van der Waals surface area contributed by atoms with Crippen LogP contribution in [-0.4, -0.2) is 35.0 Å². The van der Waals surface area contributed by atoms with Crippen LogP contribution in [0.4, 0.5) is 0 Å². The van der Waals surface area contributed by atoms with Gasteiger partial charge in [0, 0.05) is 0 Å². The van der Waals surface area contributed by atoms with Crippen molar-refractivity contribution in [2.24, 2.45) is 11.8 Å². The molecule has 0 saturated carbocycles. The molecular formula is C13H26O4. The fourth-order valence-electron chi connectivity index (χ4n) is 1.64. The summed E-state index contributed by atoms with van der Waals surface area (Å²) in [5.74, 6) is -0.864. The molecule has 4 heteroatoms. The fourth-order valence-corrected chi connectivity index (χ4v) is 1.64. The van der Waals surface area contributed by atoms with Gasteiger partial charge in [0.15, 0.2) is 0 Å². The van der Waals surface area contributed by atoms with Crippen molar-refractivity contribution in [2.45, 2.75) is 59.2 Å². The normalized spacial score (nSPS) is 16.6. The number of aliphatic hydroxyl groups excluding tert-OH is 2. The molecule has 2 N–H and O–H groups in total. The number of rotatable bonds is 8. The average Bonchev–Trinajstić information content (AvgIpc) is 2.16. The van der Waals surface area contributed by atoms with Crippen molar-refractivity contribution in [2.75, 3.05) is 6.61 Å². The van der Waals surface area contributed by atoms with Crippen molar-refractivity contribution in [1.29, 1.82) is 0 Å². The van der Waals surface area contributed by atoms with E-state index in [1.165, 1.54) is 6.92 Å². The zero-order valence-electron chi connectivity index (χ0n) is 11.3. The lowest BCUT2D eigenvalue weighted by Gasteiger charge is -2.23. The predicted octanol–water partition coefficient (Wildman–Crippen LogP) is 1.73. The first kappa shape index (κ1) is 16.4. The van der Waals surface area contributed by atoms with Gasteiger partial charge in [-0.25, -0.2) is 0 Å². The Morgan fingerprint density at radius 2 is 1.76 bits per heavy atom. The minimum absolute atomic E-state index is 0.346. The summed E-state index contributed by atoms with van der Waals surface area (Å²) in [6.45, 7) is 7.87. The lowest BCUT2D eigenvalue weighted by molar-refractivity contribution is -0.158. The van der Waals surface area contributed by atoms with Gasteiger partial charge in [0.2, 0.25) is 0 Å². The third-order valence-electron chi connectivity index (χ3n) is 2.73. The molecule has 0 aliphatic rings. The van der Waals surface area contributed by atoms with Crippen LogP contribution in [0.15, 0.2) is 0 Å². The van der Waals surface area contributed by atoms with Crippen LogP contribution in [0, 0.1) is 11.8 Å². The van der Waals surface area contributed by atoms with Crippen molar-refractivity contribution >= 4 is 5.97 Å². The van der Waals surface area contributed by atoms with E-state index in [0.717, 1.165) is 12.8 Å². The monoisotopic (exact) mass is 246 g/mol. The second-order valence-electron chi connectivity index (χ2n) is 4.97. The Morgan fingerprint density at radius 3 is 2.18 bits per heavy atom. The van der Waals surface area contributed by atoms with E-state index in [9.17, 15) is 15.0 Å². The summed E-state index contributed by atoms with van der Waals surface area (Å²) in [6.07, 6.45) is 0.343. The van der Waals surface area contributed by atoms with E-state index in [-0.39, 0.29) is 0 Å². The lowest BCUT2D eigenvalue weighted by atomic mass is 9.94. The lowest BCUT2D eigenvalue weighted by Crippen LogP contribution is -2.38. The maximum Gasteiger partial charge on any atom is 0.314 e. The van der Waals surface area contributed by atoms with E-state index in [1.54, 1.807) is 0 Å². The van der Waals surface area contributed by atoms with Crippen LogP contribution in [0.1, 0.15) is 47.0 Å². The van der Waals surface area contributed by atoms with Gasteiger partial charge in [0.25, 0.3) is 0 Å². The minimum atomic E-state index is -0.886. The Hall–Kier alpha value is -0.610. The molecule has 0 bridgehead atoms. The first-order valence-electron chi connectivity index (χ1n) is 6.42. The molecular weight excluding hydrogens is 220 g/mol. The molecule has 0 amide bonds. The maximum absolute atomic E-state index is 11.7. The van der Waals surface area contributed by atoms with Crippen LogP contribution >= 0.6 is 0 Å². The first-order valence-corrected chi connectivity index (χ1v) is 6.42. The van der Waals surface area contributed by atoms with Crippen LogP contribution in [-0.2, 0) is 9.53 Å². The van der Waals surface area contributed by atoms with E-state index >= 15 is 0 Å². The van der Waals surface area contributed by atoms with Crippen molar-refractivity contribution in [3.63, 3.8) is 0 Å². The second kappa shape index (κ2) is 8.48. The molecule has 0 fully saturated rings. The van der Waals surface area contributed by atoms with Crippen LogP contribution < -0.4 is 0 Å². The number of hydrogen-bond acceptors (Lipinski definition) is 4. The van der Waals surface area contributed by atoms with Gasteiger partial charge in [0.05, 0.1) is 18.8 Å². The largest absolute Gasteiger partial charge is 0.465 e. The second-order valence-corrected chi connectivity index (χ2v) is 4.97. The Bertz CT molecular complexity index is 213. The summed E-state index contributed by atoms with van der Waals surface area (Å²) in [6, 6.07) is 0. The highest BCUT2D eigenvalue weighted by Gasteiger charge is 2.32. The van der Waals surface area contributed by atoms with Gasteiger partial charge < -0.3 is 14.9 Å². The molecule has 3 atom stereocenters. The van der Waals surface area contributed by atoms with Gasteiger partial charge in [0.1, 0.15) is 5.92 Å². The standard InChI is InChI=1S/C13H26O4/c1-5-6-11(15)12(10(4)14)13(16)17-8-7-9(2)3/h9-12,14-15H,5-8H2,1-4H3. The first-order chi connectivity index (χ1) is 7.90. The molecule has 0 aromatic carbocycles. The predicted molar refractivity (Wildman–Crippen MR) is 66.5 cm³/mol. The molecule has 0 aromatic heterocycles. The summed E-state index contributed by atoms with van der Waals surface area (Å²) in [5, 5.41) is 19.3. The SMILES string of the molecule is CCCC(O)C(C(=O)OCCC(C)C)C(C)O. The molecule has 3 unspecified atom stereocenters. The smallest absolute Gasteiger partial charge is 0.314 e. The van der Waals surface area contributed by atoms with Crippen molar-refractivity contribution in [3.8, 4) is 0 Å². The number of hydrogen-bond donors (Lipinski definition) is 2. The maximum atomic E-state index is 11.7. The van der Waals surface area contributed by atoms with E-state index in [4.69, 9.17) is 4.74 Å². The zero-order valence-corrected chi connectivity index (χ0v) is 11.3. The Labute approximate surface area is 104 Å². The van der Waals surface area contributed by atoms with Gasteiger partial charge in [-0.15, -0.1) is 0 Å². The Balaban J connectivity index is 4.25. The molecule has 0 saturated heterocycles. The summed E-state index contributed by atoms with van der Waals surface area (Å²) in [5.41, 5.74) is 0. The topological polar surface area (TPSA) is 66.8 Å². The molecule has 0 spiro atoms. The molecule has 17 heavy (non-hydrogen) atoms. The van der Waals surface area contributed by atoms with Crippen molar-refractivity contribution in [1.82, 2.24) is 0 Å². The highest BCUT2D eigenvalue weighted by atomic mass is 16.5. The Morgan fingerprint density at radius 1 is 1.18 bits per heavy atom. The molecule has 102 valence electrons. The van der Waals surface area contributed by atoms with Crippen molar-refractivity contribution < 1.29 is 19.7 Å².